The van der Waals surface area contributed by atoms with Crippen LogP contribution in [0.1, 0.15) is 11.3 Å². The molecule has 3 heterocycles. The smallest absolute Gasteiger partial charge is 0.236 e. The standard InChI is InChI=1S/C22H25N5O4S2/c1-17-19(8-14-31-17)21-23-24-22(25(21)2)32-16-20(28)26-10-12-27(13-11-26)33(29,30)15-9-18-6-4-3-5-7-18/h3-9,14-15H,10-13,16H2,1-2H3/b15-9+. The fourth-order valence-electron chi connectivity index (χ4n) is 3.52. The van der Waals surface area contributed by atoms with Crippen molar-refractivity contribution in [2.24, 2.45) is 7.05 Å². The first-order valence-corrected chi connectivity index (χ1v) is 12.9. The van der Waals surface area contributed by atoms with Crippen molar-refractivity contribution >= 4 is 33.8 Å². The molecule has 0 atom stereocenters. The molecule has 1 aliphatic heterocycles. The highest BCUT2D eigenvalue weighted by Gasteiger charge is 2.27. The minimum absolute atomic E-state index is 0.0547. The molecule has 1 aromatic carbocycles. The highest BCUT2D eigenvalue weighted by Crippen LogP contribution is 2.26. The Balaban J connectivity index is 1.30. The van der Waals surface area contributed by atoms with E-state index in [9.17, 15) is 13.2 Å². The Morgan fingerprint density at radius 3 is 2.52 bits per heavy atom. The van der Waals surface area contributed by atoms with Crippen molar-refractivity contribution < 1.29 is 17.6 Å². The number of thioether (sulfide) groups is 1. The van der Waals surface area contributed by atoms with E-state index >= 15 is 0 Å². The summed E-state index contributed by atoms with van der Waals surface area (Å²) in [7, 11) is -1.69. The fourth-order valence-corrected chi connectivity index (χ4v) is 5.50. The molecule has 1 fully saturated rings. The summed E-state index contributed by atoms with van der Waals surface area (Å²) in [6.45, 7) is 3.11. The molecular weight excluding hydrogens is 462 g/mol. The molecule has 33 heavy (non-hydrogen) atoms. The molecule has 0 spiro atoms. The summed E-state index contributed by atoms with van der Waals surface area (Å²) >= 11 is 1.31. The molecular formula is C22H25N5O4S2. The maximum atomic E-state index is 12.7. The highest BCUT2D eigenvalue weighted by molar-refractivity contribution is 7.99. The maximum absolute atomic E-state index is 12.7. The topological polar surface area (TPSA) is 102 Å². The van der Waals surface area contributed by atoms with E-state index < -0.39 is 10.0 Å². The Morgan fingerprint density at radius 1 is 1.12 bits per heavy atom. The lowest BCUT2D eigenvalue weighted by atomic mass is 10.2. The van der Waals surface area contributed by atoms with Gasteiger partial charge in [0, 0.05) is 38.6 Å². The minimum Gasteiger partial charge on any atom is -0.469 e. The van der Waals surface area contributed by atoms with Crippen LogP contribution in [0.15, 0.2) is 57.6 Å². The number of hydrogen-bond donors (Lipinski definition) is 0. The van der Waals surface area contributed by atoms with Gasteiger partial charge in [-0.2, -0.15) is 4.31 Å². The van der Waals surface area contributed by atoms with Crippen LogP contribution in [-0.4, -0.2) is 70.2 Å². The Hall–Kier alpha value is -2.89. The Labute approximate surface area is 197 Å². The highest BCUT2D eigenvalue weighted by atomic mass is 32.2. The van der Waals surface area contributed by atoms with Gasteiger partial charge in [-0.1, -0.05) is 42.1 Å². The number of aryl methyl sites for hydroxylation is 1. The number of rotatable bonds is 7. The van der Waals surface area contributed by atoms with E-state index in [1.807, 2.05) is 54.9 Å². The SMILES string of the molecule is Cc1occc1-c1nnc(SCC(=O)N2CCN(S(=O)(=O)/C=C/c3ccccc3)CC2)n1C. The van der Waals surface area contributed by atoms with Crippen molar-refractivity contribution in [3.63, 3.8) is 0 Å². The fraction of sp³-hybridized carbons (Fsp3) is 0.318. The Kier molecular flexibility index (Phi) is 7.01. The third-order valence-corrected chi connectivity index (χ3v) is 8.01. The maximum Gasteiger partial charge on any atom is 0.236 e. The molecule has 1 saturated heterocycles. The predicted molar refractivity (Wildman–Crippen MR) is 127 cm³/mol. The van der Waals surface area contributed by atoms with E-state index in [1.165, 1.54) is 21.5 Å². The van der Waals surface area contributed by atoms with Gasteiger partial charge in [0.05, 0.1) is 17.6 Å². The van der Waals surface area contributed by atoms with Gasteiger partial charge in [-0.25, -0.2) is 8.42 Å². The van der Waals surface area contributed by atoms with Gasteiger partial charge in [-0.15, -0.1) is 10.2 Å². The normalized spacial score (nSPS) is 15.4. The van der Waals surface area contributed by atoms with Crippen molar-refractivity contribution in [2.45, 2.75) is 12.1 Å². The molecule has 2 aromatic heterocycles. The average Bonchev–Trinajstić information content (AvgIpc) is 3.41. The van der Waals surface area contributed by atoms with Gasteiger partial charge in [0.2, 0.25) is 15.9 Å². The number of nitrogens with zero attached hydrogens (tertiary/aromatic N) is 5. The van der Waals surface area contributed by atoms with Gasteiger partial charge in [-0.05, 0) is 24.6 Å². The first-order valence-electron chi connectivity index (χ1n) is 10.4. The summed E-state index contributed by atoms with van der Waals surface area (Å²) in [5.41, 5.74) is 1.68. The molecule has 3 aromatic rings. The Morgan fingerprint density at radius 2 is 1.85 bits per heavy atom. The third-order valence-electron chi connectivity index (χ3n) is 5.44. The number of piperazine rings is 1. The first-order chi connectivity index (χ1) is 15.8. The van der Waals surface area contributed by atoms with Crippen LogP contribution in [0.3, 0.4) is 0 Å². The molecule has 11 heteroatoms. The first kappa shape index (κ1) is 23.3. The van der Waals surface area contributed by atoms with E-state index in [-0.39, 0.29) is 24.7 Å². The van der Waals surface area contributed by atoms with Crippen LogP contribution in [0.4, 0.5) is 0 Å². The van der Waals surface area contributed by atoms with Gasteiger partial charge in [0.1, 0.15) is 5.76 Å². The van der Waals surface area contributed by atoms with Gasteiger partial charge >= 0.3 is 0 Å². The Bertz CT molecular complexity index is 1240. The molecule has 0 N–H and O–H groups in total. The van der Waals surface area contributed by atoms with Gasteiger partial charge < -0.3 is 13.9 Å². The van der Waals surface area contributed by atoms with Crippen LogP contribution >= 0.6 is 11.8 Å². The van der Waals surface area contributed by atoms with Crippen molar-refractivity contribution in [3.8, 4) is 11.4 Å². The van der Waals surface area contributed by atoms with Gasteiger partial charge in [-0.3, -0.25) is 4.79 Å². The van der Waals surface area contributed by atoms with Crippen LogP contribution in [0.25, 0.3) is 17.5 Å². The number of furan rings is 1. The van der Waals surface area contributed by atoms with Crippen LogP contribution in [0.2, 0.25) is 0 Å². The number of carbonyl (C=O) groups is 1. The molecule has 1 aliphatic rings. The molecule has 4 rings (SSSR count). The zero-order chi connectivity index (χ0) is 23.4. The molecule has 0 radical (unpaired) electrons. The lowest BCUT2D eigenvalue weighted by molar-refractivity contribution is -0.129. The molecule has 0 bridgehead atoms. The number of carbonyl (C=O) groups excluding carboxylic acids is 1. The quantitative estimate of drug-likeness (QED) is 0.472. The van der Waals surface area contributed by atoms with E-state index in [0.29, 0.717) is 24.1 Å². The molecule has 1 amide bonds. The third kappa shape index (κ3) is 5.37. The second-order valence-corrected chi connectivity index (χ2v) is 10.3. The molecule has 0 saturated carbocycles. The number of aromatic nitrogens is 3. The summed E-state index contributed by atoms with van der Waals surface area (Å²) in [6.07, 6.45) is 3.19. The van der Waals surface area contributed by atoms with Crippen LogP contribution in [0.5, 0.6) is 0 Å². The van der Waals surface area contributed by atoms with Crippen molar-refractivity contribution in [1.29, 1.82) is 0 Å². The van der Waals surface area contributed by atoms with Crippen LogP contribution in [0, 0.1) is 6.92 Å². The molecule has 0 aliphatic carbocycles. The van der Waals surface area contributed by atoms with E-state index in [0.717, 1.165) is 16.9 Å². The second kappa shape index (κ2) is 9.94. The van der Waals surface area contributed by atoms with Crippen molar-refractivity contribution in [3.05, 3.63) is 59.4 Å². The zero-order valence-corrected chi connectivity index (χ0v) is 20.1. The molecule has 0 unspecified atom stereocenters. The minimum atomic E-state index is -3.53. The number of amides is 1. The molecule has 174 valence electrons. The largest absolute Gasteiger partial charge is 0.469 e. The van der Waals surface area contributed by atoms with Crippen LogP contribution in [-0.2, 0) is 21.9 Å². The summed E-state index contributed by atoms with van der Waals surface area (Å²) in [5, 5.41) is 10.3. The van der Waals surface area contributed by atoms with Gasteiger partial charge in [0.15, 0.2) is 11.0 Å². The van der Waals surface area contributed by atoms with Gasteiger partial charge in [0.25, 0.3) is 0 Å². The number of hydrogen-bond acceptors (Lipinski definition) is 7. The number of benzene rings is 1. The summed E-state index contributed by atoms with van der Waals surface area (Å²) < 4.78 is 33.8. The monoisotopic (exact) mass is 487 g/mol. The number of sulfonamides is 1. The lowest BCUT2D eigenvalue weighted by Gasteiger charge is -2.33. The van der Waals surface area contributed by atoms with E-state index in [1.54, 1.807) is 17.2 Å². The summed E-state index contributed by atoms with van der Waals surface area (Å²) in [5.74, 6) is 1.58. The van der Waals surface area contributed by atoms with Crippen LogP contribution < -0.4 is 0 Å². The average molecular weight is 488 g/mol. The lowest BCUT2D eigenvalue weighted by Crippen LogP contribution is -2.50. The van der Waals surface area contributed by atoms with E-state index in [4.69, 9.17) is 4.42 Å². The zero-order valence-electron chi connectivity index (χ0n) is 18.4. The van der Waals surface area contributed by atoms with Crippen molar-refractivity contribution in [1.82, 2.24) is 24.0 Å². The predicted octanol–water partition coefficient (Wildman–Crippen LogP) is 2.62. The summed E-state index contributed by atoms with van der Waals surface area (Å²) in [4.78, 5) is 14.4. The van der Waals surface area contributed by atoms with Crippen molar-refractivity contribution in [2.75, 3.05) is 31.9 Å². The molecule has 9 nitrogen and oxygen atoms in total. The summed E-state index contributed by atoms with van der Waals surface area (Å²) in [6, 6.07) is 11.1. The second-order valence-electron chi connectivity index (χ2n) is 7.58. The van der Waals surface area contributed by atoms with E-state index in [2.05, 4.69) is 10.2 Å².